The Labute approximate surface area is 181 Å². The van der Waals surface area contributed by atoms with Crippen LogP contribution in [0.15, 0.2) is 41.3 Å². The van der Waals surface area contributed by atoms with E-state index in [4.69, 9.17) is 5.26 Å². The molecule has 1 aliphatic rings. The lowest BCUT2D eigenvalue weighted by molar-refractivity contribution is -0.141. The van der Waals surface area contributed by atoms with Gasteiger partial charge in [-0.05, 0) is 50.6 Å². The number of halogens is 3. The van der Waals surface area contributed by atoms with Gasteiger partial charge in [0.15, 0.2) is 0 Å². The van der Waals surface area contributed by atoms with Crippen LogP contribution in [0.1, 0.15) is 40.7 Å². The molecule has 32 heavy (non-hydrogen) atoms. The van der Waals surface area contributed by atoms with Crippen molar-refractivity contribution >= 4 is 21.8 Å². The predicted molar refractivity (Wildman–Crippen MR) is 105 cm³/mol. The Bertz CT molecular complexity index is 1250. The highest BCUT2D eigenvalue weighted by atomic mass is 32.2. The molecular weight excluding hydrogens is 449 g/mol. The fraction of sp³-hybridized carbons (Fsp3) is 0.300. The molecule has 0 spiro atoms. The van der Waals surface area contributed by atoms with E-state index in [1.54, 1.807) is 6.07 Å². The van der Waals surface area contributed by atoms with Gasteiger partial charge in [-0.25, -0.2) is 18.1 Å². The summed E-state index contributed by atoms with van der Waals surface area (Å²) in [5, 5.41) is 8.93. The van der Waals surface area contributed by atoms with E-state index in [1.165, 1.54) is 32.0 Å². The fourth-order valence-electron chi connectivity index (χ4n) is 3.23. The first-order valence-electron chi connectivity index (χ1n) is 9.24. The molecule has 2 aromatic rings. The van der Waals surface area contributed by atoms with Crippen LogP contribution in [0.2, 0.25) is 0 Å². The molecule has 1 atom stereocenters. The molecule has 0 aliphatic carbocycles. The van der Waals surface area contributed by atoms with Gasteiger partial charge in [-0.2, -0.15) is 18.4 Å². The van der Waals surface area contributed by atoms with E-state index >= 15 is 0 Å². The first-order valence-corrected chi connectivity index (χ1v) is 10.7. The number of hydrogen-bond donors (Lipinski definition) is 1. The number of amides is 2. The molecule has 3 rings (SSSR count). The third-order valence-electron chi connectivity index (χ3n) is 5.26. The smallest absolute Gasteiger partial charge is 0.324 e. The highest BCUT2D eigenvalue weighted by molar-refractivity contribution is 7.90. The molecular formula is C20H17F3N4O4S. The number of nitriles is 1. The number of carbonyl (C=O) groups is 2. The van der Waals surface area contributed by atoms with Crippen molar-refractivity contribution in [3.63, 3.8) is 0 Å². The normalized spacial score (nSPS) is 18.4. The summed E-state index contributed by atoms with van der Waals surface area (Å²) in [6.07, 6.45) is -4.53. The minimum absolute atomic E-state index is 0.0808. The van der Waals surface area contributed by atoms with Crippen molar-refractivity contribution in [2.24, 2.45) is 0 Å². The van der Waals surface area contributed by atoms with E-state index in [-0.39, 0.29) is 34.7 Å². The van der Waals surface area contributed by atoms with Crippen LogP contribution in [-0.2, 0) is 21.0 Å². The maximum Gasteiger partial charge on any atom is 0.433 e. The van der Waals surface area contributed by atoms with Crippen LogP contribution in [0.3, 0.4) is 0 Å². The SMILES string of the molecule is Cc1nc(C(F)(F)F)ccc1C(=O)N1CCC1(C)C(=O)NS(=O)(=O)c1cccc(C#N)c1. The fourth-order valence-corrected chi connectivity index (χ4v) is 4.36. The van der Waals surface area contributed by atoms with Crippen molar-refractivity contribution in [1.29, 1.82) is 5.26 Å². The second-order valence-corrected chi connectivity index (χ2v) is 9.06. The Morgan fingerprint density at radius 3 is 2.47 bits per heavy atom. The van der Waals surface area contributed by atoms with Crippen LogP contribution in [0.5, 0.6) is 0 Å². The second-order valence-electron chi connectivity index (χ2n) is 7.38. The monoisotopic (exact) mass is 466 g/mol. The number of nitrogens with zero attached hydrogens (tertiary/aromatic N) is 3. The van der Waals surface area contributed by atoms with Gasteiger partial charge in [0.1, 0.15) is 11.2 Å². The molecule has 0 saturated carbocycles. The molecule has 168 valence electrons. The molecule has 0 bridgehead atoms. The highest BCUT2D eigenvalue weighted by Crippen LogP contribution is 2.34. The Morgan fingerprint density at radius 1 is 1.25 bits per heavy atom. The van der Waals surface area contributed by atoms with E-state index in [2.05, 4.69) is 4.98 Å². The van der Waals surface area contributed by atoms with E-state index in [9.17, 15) is 31.2 Å². The largest absolute Gasteiger partial charge is 0.433 e. The standard InChI is InChI=1S/C20H17F3N4O4S/c1-12-15(6-7-16(25-12)20(21,22)23)17(28)27-9-8-19(27,2)18(29)26-32(30,31)14-5-3-4-13(10-14)11-24/h3-7,10H,8-9H2,1-2H3,(H,26,29). The first-order chi connectivity index (χ1) is 14.8. The Balaban J connectivity index is 1.83. The van der Waals surface area contributed by atoms with Crippen molar-refractivity contribution in [2.75, 3.05) is 6.54 Å². The molecule has 12 heteroatoms. The number of pyridine rings is 1. The number of aromatic nitrogens is 1. The molecule has 0 radical (unpaired) electrons. The van der Waals surface area contributed by atoms with Crippen LogP contribution in [-0.4, -0.2) is 42.2 Å². The number of carbonyl (C=O) groups excluding carboxylic acids is 2. The number of benzene rings is 1. The third kappa shape index (κ3) is 4.16. The van der Waals surface area contributed by atoms with Crippen molar-refractivity contribution in [3.05, 3.63) is 58.9 Å². The van der Waals surface area contributed by atoms with Crippen LogP contribution in [0.25, 0.3) is 0 Å². The molecule has 1 aromatic heterocycles. The second kappa shape index (κ2) is 7.90. The topological polar surface area (TPSA) is 120 Å². The van der Waals surface area contributed by atoms with Crippen LogP contribution >= 0.6 is 0 Å². The Kier molecular flexibility index (Phi) is 5.73. The van der Waals surface area contributed by atoms with Crippen molar-refractivity contribution in [3.8, 4) is 6.07 Å². The molecule has 2 heterocycles. The van der Waals surface area contributed by atoms with Gasteiger partial charge in [-0.15, -0.1) is 0 Å². The van der Waals surface area contributed by atoms with E-state index in [0.717, 1.165) is 17.0 Å². The van der Waals surface area contributed by atoms with Gasteiger partial charge in [0.2, 0.25) is 0 Å². The predicted octanol–water partition coefficient (Wildman–Crippen LogP) is 2.39. The summed E-state index contributed by atoms with van der Waals surface area (Å²) in [6.45, 7) is 2.71. The van der Waals surface area contributed by atoms with Gasteiger partial charge in [0.05, 0.1) is 27.8 Å². The van der Waals surface area contributed by atoms with Crippen LogP contribution in [0, 0.1) is 18.3 Å². The maximum absolute atomic E-state index is 12.9. The highest BCUT2D eigenvalue weighted by Gasteiger charge is 2.51. The van der Waals surface area contributed by atoms with Crippen molar-refractivity contribution in [1.82, 2.24) is 14.6 Å². The van der Waals surface area contributed by atoms with E-state index in [1.807, 2.05) is 4.72 Å². The molecule has 1 aliphatic heterocycles. The number of hydrogen-bond acceptors (Lipinski definition) is 6. The summed E-state index contributed by atoms with van der Waals surface area (Å²) in [5.74, 6) is -1.71. The average molecular weight is 466 g/mol. The number of rotatable bonds is 4. The zero-order valence-corrected chi connectivity index (χ0v) is 17.7. The summed E-state index contributed by atoms with van der Waals surface area (Å²) in [7, 11) is -4.32. The average Bonchev–Trinajstić information content (AvgIpc) is 2.71. The van der Waals surface area contributed by atoms with Gasteiger partial charge < -0.3 is 4.90 Å². The Morgan fingerprint density at radius 2 is 1.94 bits per heavy atom. The molecule has 8 nitrogen and oxygen atoms in total. The summed E-state index contributed by atoms with van der Waals surface area (Å²) in [5.41, 5.74) is -2.90. The van der Waals surface area contributed by atoms with Gasteiger partial charge in [0, 0.05) is 6.54 Å². The van der Waals surface area contributed by atoms with Gasteiger partial charge >= 0.3 is 6.18 Å². The molecule has 2 amide bonds. The third-order valence-corrected chi connectivity index (χ3v) is 6.59. The lowest BCUT2D eigenvalue weighted by atomic mass is 9.85. The summed E-state index contributed by atoms with van der Waals surface area (Å²) >= 11 is 0. The van der Waals surface area contributed by atoms with Gasteiger partial charge in [0.25, 0.3) is 21.8 Å². The van der Waals surface area contributed by atoms with Gasteiger partial charge in [-0.1, -0.05) is 6.07 Å². The van der Waals surface area contributed by atoms with Gasteiger partial charge in [-0.3, -0.25) is 9.59 Å². The van der Waals surface area contributed by atoms with E-state index < -0.39 is 39.2 Å². The minimum atomic E-state index is -4.67. The molecule has 1 N–H and O–H groups in total. The molecule has 1 aromatic carbocycles. The van der Waals surface area contributed by atoms with Crippen LogP contribution in [0.4, 0.5) is 13.2 Å². The molecule has 1 saturated heterocycles. The number of aryl methyl sites for hydroxylation is 1. The zero-order chi connectivity index (χ0) is 23.9. The lowest BCUT2D eigenvalue weighted by Crippen LogP contribution is -2.67. The van der Waals surface area contributed by atoms with E-state index in [0.29, 0.717) is 6.07 Å². The molecule has 1 fully saturated rings. The first kappa shape index (κ1) is 23.2. The number of alkyl halides is 3. The number of sulfonamides is 1. The summed E-state index contributed by atoms with van der Waals surface area (Å²) in [4.78, 5) is 29.9. The summed E-state index contributed by atoms with van der Waals surface area (Å²) in [6, 6.07) is 8.50. The van der Waals surface area contributed by atoms with Crippen LogP contribution < -0.4 is 4.72 Å². The zero-order valence-electron chi connectivity index (χ0n) is 16.9. The minimum Gasteiger partial charge on any atom is -0.324 e. The summed E-state index contributed by atoms with van der Waals surface area (Å²) < 4.78 is 65.5. The number of likely N-dealkylation sites (tertiary alicyclic amines) is 1. The van der Waals surface area contributed by atoms with Crippen molar-refractivity contribution < 1.29 is 31.2 Å². The molecule has 1 unspecified atom stereocenters. The number of nitrogens with one attached hydrogen (secondary N) is 1. The quantitative estimate of drug-likeness (QED) is 0.739. The maximum atomic E-state index is 12.9. The lowest BCUT2D eigenvalue weighted by Gasteiger charge is -2.48. The van der Waals surface area contributed by atoms with Crippen molar-refractivity contribution in [2.45, 2.75) is 36.9 Å². The Hall–Kier alpha value is -3.46.